The van der Waals surface area contributed by atoms with Gasteiger partial charge in [-0.15, -0.1) is 0 Å². The molecule has 0 heterocycles. The minimum absolute atomic E-state index is 0.0551. The maximum atomic E-state index is 12.4. The Bertz CT molecular complexity index is 579. The fourth-order valence-corrected chi connectivity index (χ4v) is 2.81. The molecular formula is C15H13BrOS. The van der Waals surface area contributed by atoms with Crippen LogP contribution in [0.1, 0.15) is 27.0 Å². The quantitative estimate of drug-likeness (QED) is 0.654. The Labute approximate surface area is 121 Å². The van der Waals surface area contributed by atoms with E-state index < -0.39 is 0 Å². The van der Waals surface area contributed by atoms with Crippen molar-refractivity contribution in [3.63, 3.8) is 0 Å². The van der Waals surface area contributed by atoms with Crippen LogP contribution in [0.5, 0.6) is 0 Å². The Morgan fingerprint density at radius 2 is 1.89 bits per heavy atom. The van der Waals surface area contributed by atoms with Crippen molar-refractivity contribution in [1.29, 1.82) is 0 Å². The van der Waals surface area contributed by atoms with Crippen molar-refractivity contribution in [1.82, 2.24) is 0 Å². The number of rotatable bonds is 3. The van der Waals surface area contributed by atoms with E-state index in [9.17, 15) is 4.79 Å². The van der Waals surface area contributed by atoms with Crippen LogP contribution in [-0.2, 0) is 5.75 Å². The first kappa shape index (κ1) is 13.4. The number of ketones is 1. The van der Waals surface area contributed by atoms with Gasteiger partial charge in [-0.1, -0.05) is 52.3 Å². The lowest BCUT2D eigenvalue weighted by atomic mass is 9.98. The number of aryl methyl sites for hydroxylation is 1. The molecule has 0 radical (unpaired) electrons. The van der Waals surface area contributed by atoms with Crippen molar-refractivity contribution in [3.8, 4) is 0 Å². The predicted molar refractivity (Wildman–Crippen MR) is 81.4 cm³/mol. The highest BCUT2D eigenvalue weighted by molar-refractivity contribution is 9.10. The molecule has 18 heavy (non-hydrogen) atoms. The van der Waals surface area contributed by atoms with E-state index in [1.165, 1.54) is 0 Å². The van der Waals surface area contributed by atoms with Gasteiger partial charge in [0.15, 0.2) is 5.78 Å². The Balaban J connectivity index is 2.46. The molecule has 2 aromatic rings. The van der Waals surface area contributed by atoms with Crippen LogP contribution in [0.3, 0.4) is 0 Å². The molecule has 0 aliphatic carbocycles. The molecule has 0 saturated heterocycles. The molecule has 0 atom stereocenters. The smallest absolute Gasteiger partial charge is 0.193 e. The SMILES string of the molecule is Cc1cc(CS)c(Br)cc1C(=O)c1ccccc1. The van der Waals surface area contributed by atoms with Gasteiger partial charge in [0.1, 0.15) is 0 Å². The van der Waals surface area contributed by atoms with Gasteiger partial charge in [-0.3, -0.25) is 4.79 Å². The molecule has 92 valence electrons. The number of halogens is 1. The zero-order valence-electron chi connectivity index (χ0n) is 9.98. The summed E-state index contributed by atoms with van der Waals surface area (Å²) in [5, 5.41) is 0. The molecule has 0 aliphatic rings. The highest BCUT2D eigenvalue weighted by atomic mass is 79.9. The highest BCUT2D eigenvalue weighted by Gasteiger charge is 2.13. The molecule has 0 spiro atoms. The van der Waals surface area contributed by atoms with E-state index in [0.29, 0.717) is 11.3 Å². The number of carbonyl (C=O) groups is 1. The van der Waals surface area contributed by atoms with Crippen molar-refractivity contribution in [3.05, 3.63) is 69.2 Å². The van der Waals surface area contributed by atoms with E-state index in [4.69, 9.17) is 0 Å². The summed E-state index contributed by atoms with van der Waals surface area (Å²) < 4.78 is 0.933. The highest BCUT2D eigenvalue weighted by Crippen LogP contribution is 2.25. The minimum Gasteiger partial charge on any atom is -0.289 e. The van der Waals surface area contributed by atoms with Gasteiger partial charge in [0.2, 0.25) is 0 Å². The van der Waals surface area contributed by atoms with E-state index in [2.05, 4.69) is 28.6 Å². The van der Waals surface area contributed by atoms with Crippen LogP contribution in [-0.4, -0.2) is 5.78 Å². The first-order valence-electron chi connectivity index (χ1n) is 5.63. The zero-order valence-corrected chi connectivity index (χ0v) is 12.5. The fraction of sp³-hybridized carbons (Fsp3) is 0.133. The standard InChI is InChI=1S/C15H13BrOS/c1-10-7-12(9-18)14(16)8-13(10)15(17)11-5-3-2-4-6-11/h2-8,18H,9H2,1H3. The van der Waals surface area contributed by atoms with Gasteiger partial charge < -0.3 is 0 Å². The average Bonchev–Trinajstić information content (AvgIpc) is 2.41. The van der Waals surface area contributed by atoms with E-state index in [1.54, 1.807) is 0 Å². The molecule has 0 bridgehead atoms. The number of thiol groups is 1. The Morgan fingerprint density at radius 1 is 1.22 bits per heavy atom. The van der Waals surface area contributed by atoms with Crippen LogP contribution < -0.4 is 0 Å². The van der Waals surface area contributed by atoms with Crippen LogP contribution in [0.4, 0.5) is 0 Å². The molecule has 3 heteroatoms. The van der Waals surface area contributed by atoms with Crippen LogP contribution in [0.2, 0.25) is 0 Å². The largest absolute Gasteiger partial charge is 0.289 e. The van der Waals surface area contributed by atoms with Crippen molar-refractivity contribution >= 4 is 34.3 Å². The van der Waals surface area contributed by atoms with Crippen molar-refractivity contribution in [2.75, 3.05) is 0 Å². The van der Waals surface area contributed by atoms with E-state index in [-0.39, 0.29) is 5.78 Å². The molecule has 0 aromatic heterocycles. The van der Waals surface area contributed by atoms with E-state index >= 15 is 0 Å². The Morgan fingerprint density at radius 3 is 2.50 bits per heavy atom. The molecule has 0 N–H and O–H groups in total. The molecule has 0 fully saturated rings. The van der Waals surface area contributed by atoms with Crippen LogP contribution in [0.15, 0.2) is 46.9 Å². The lowest BCUT2D eigenvalue weighted by Crippen LogP contribution is -2.04. The van der Waals surface area contributed by atoms with Crippen molar-refractivity contribution < 1.29 is 4.79 Å². The summed E-state index contributed by atoms with van der Waals surface area (Å²) in [6.07, 6.45) is 0. The Kier molecular flexibility index (Phi) is 4.25. The summed E-state index contributed by atoms with van der Waals surface area (Å²) >= 11 is 7.75. The van der Waals surface area contributed by atoms with Crippen LogP contribution in [0.25, 0.3) is 0 Å². The third-order valence-corrected chi connectivity index (χ3v) is 3.92. The summed E-state index contributed by atoms with van der Waals surface area (Å²) in [4.78, 5) is 12.4. The van der Waals surface area contributed by atoms with Crippen molar-refractivity contribution in [2.45, 2.75) is 12.7 Å². The molecule has 0 amide bonds. The normalized spacial score (nSPS) is 10.4. The summed E-state index contributed by atoms with van der Waals surface area (Å²) in [6.45, 7) is 1.95. The van der Waals surface area contributed by atoms with E-state index in [1.807, 2.05) is 49.4 Å². The zero-order chi connectivity index (χ0) is 13.1. The molecule has 1 nitrogen and oxygen atoms in total. The molecular weight excluding hydrogens is 308 g/mol. The van der Waals surface area contributed by atoms with Gasteiger partial charge in [0.05, 0.1) is 0 Å². The second kappa shape index (κ2) is 5.72. The topological polar surface area (TPSA) is 17.1 Å². The molecule has 2 rings (SSSR count). The lowest BCUT2D eigenvalue weighted by Gasteiger charge is -2.09. The fourth-order valence-electron chi connectivity index (χ4n) is 1.85. The predicted octanol–water partition coefficient (Wildman–Crippen LogP) is 4.42. The molecule has 0 aliphatic heterocycles. The number of hydrogen-bond acceptors (Lipinski definition) is 2. The minimum atomic E-state index is 0.0551. The monoisotopic (exact) mass is 320 g/mol. The molecule has 0 unspecified atom stereocenters. The Hall–Kier alpha value is -1.06. The van der Waals surface area contributed by atoms with Gasteiger partial charge >= 0.3 is 0 Å². The number of benzene rings is 2. The third kappa shape index (κ3) is 2.68. The molecule has 0 saturated carbocycles. The molecule has 2 aromatic carbocycles. The van der Waals surface area contributed by atoms with Gasteiger partial charge in [0.25, 0.3) is 0 Å². The second-order valence-electron chi connectivity index (χ2n) is 4.11. The first-order valence-corrected chi connectivity index (χ1v) is 7.05. The van der Waals surface area contributed by atoms with Gasteiger partial charge in [-0.05, 0) is 24.1 Å². The first-order chi connectivity index (χ1) is 8.63. The lowest BCUT2D eigenvalue weighted by molar-refractivity contribution is 0.103. The van der Waals surface area contributed by atoms with Gasteiger partial charge in [0, 0.05) is 21.4 Å². The van der Waals surface area contributed by atoms with Crippen molar-refractivity contribution in [2.24, 2.45) is 0 Å². The average molecular weight is 321 g/mol. The van der Waals surface area contributed by atoms with Gasteiger partial charge in [-0.25, -0.2) is 0 Å². The summed E-state index contributed by atoms with van der Waals surface area (Å²) in [7, 11) is 0. The number of carbonyl (C=O) groups excluding carboxylic acids is 1. The number of hydrogen-bond donors (Lipinski definition) is 1. The summed E-state index contributed by atoms with van der Waals surface area (Å²) in [5.74, 6) is 0.709. The third-order valence-electron chi connectivity index (χ3n) is 2.84. The maximum Gasteiger partial charge on any atom is 0.193 e. The maximum absolute atomic E-state index is 12.4. The second-order valence-corrected chi connectivity index (χ2v) is 5.28. The van der Waals surface area contributed by atoms with Crippen LogP contribution >= 0.6 is 28.6 Å². The summed E-state index contributed by atoms with van der Waals surface area (Å²) in [6, 6.07) is 13.2. The van der Waals surface area contributed by atoms with Crippen LogP contribution in [0, 0.1) is 6.92 Å². The van der Waals surface area contributed by atoms with E-state index in [0.717, 1.165) is 21.2 Å². The van der Waals surface area contributed by atoms with Gasteiger partial charge in [-0.2, -0.15) is 12.6 Å². The summed E-state index contributed by atoms with van der Waals surface area (Å²) in [5.41, 5.74) is 3.53.